The van der Waals surface area contributed by atoms with E-state index in [-0.39, 0.29) is 10.9 Å². The maximum absolute atomic E-state index is 13.4. The molecule has 0 N–H and O–H groups in total. The maximum atomic E-state index is 13.4. The smallest absolute Gasteiger partial charge is 0.195 e. The van der Waals surface area contributed by atoms with Crippen LogP contribution in [0.1, 0.15) is 0 Å². The van der Waals surface area contributed by atoms with E-state index in [9.17, 15) is 9.59 Å². The molecule has 3 heterocycles. The van der Waals surface area contributed by atoms with Crippen molar-refractivity contribution in [2.75, 3.05) is 0 Å². The molecule has 0 aliphatic carbocycles. The summed E-state index contributed by atoms with van der Waals surface area (Å²) in [5.41, 5.74) is 5.25. The molecular weight excluding hydrogens is 593 g/mol. The Labute approximate surface area is 258 Å². The molecule has 0 atom stereocenters. The summed E-state index contributed by atoms with van der Waals surface area (Å²) in [6, 6.07) is 36.2. The lowest BCUT2D eigenvalue weighted by atomic mass is 9.96. The van der Waals surface area contributed by atoms with Gasteiger partial charge in [-0.05, 0) is 82.7 Å². The second kappa shape index (κ2) is 10.0. The maximum Gasteiger partial charge on any atom is 0.195 e. The fourth-order valence-corrected chi connectivity index (χ4v) is 9.01. The van der Waals surface area contributed by atoms with Crippen LogP contribution in [0, 0.1) is 0 Å². The minimum Gasteiger partial charge on any atom is -0.289 e. The lowest BCUT2D eigenvalue weighted by Crippen LogP contribution is -2.01. The zero-order chi connectivity index (χ0) is 28.4. The monoisotopic (exact) mass is 612 g/mol. The highest BCUT2D eigenvalue weighted by atomic mass is 32.1. The van der Waals surface area contributed by atoms with Gasteiger partial charge < -0.3 is 0 Å². The van der Waals surface area contributed by atoms with Crippen molar-refractivity contribution in [2.24, 2.45) is 0 Å². The van der Waals surface area contributed by atoms with Crippen LogP contribution >= 0.6 is 46.6 Å². The van der Waals surface area contributed by atoms with Crippen LogP contribution in [0.4, 0.5) is 0 Å². The normalized spacial score (nSPS) is 11.6. The molecule has 0 bridgehead atoms. The molecule has 6 heteroatoms. The zero-order valence-electron chi connectivity index (χ0n) is 22.0. The topological polar surface area (TPSA) is 34.1 Å². The molecule has 8 aromatic rings. The molecule has 0 unspecified atom stereocenters. The molecule has 200 valence electrons. The van der Waals surface area contributed by atoms with E-state index in [4.69, 9.17) is 12.6 Å². The first-order valence-corrected chi connectivity index (χ1v) is 16.3. The predicted octanol–water partition coefficient (Wildman–Crippen LogP) is 10.5. The number of hydrogen-bond acceptors (Lipinski definition) is 6. The molecule has 0 spiro atoms. The van der Waals surface area contributed by atoms with Crippen LogP contribution in [0.2, 0.25) is 0 Å². The average molecular weight is 613 g/mol. The lowest BCUT2D eigenvalue weighted by Gasteiger charge is -2.12. The third-order valence-corrected chi connectivity index (χ3v) is 11.3. The van der Waals surface area contributed by atoms with Gasteiger partial charge in [0, 0.05) is 61.2 Å². The van der Waals surface area contributed by atoms with Gasteiger partial charge in [-0.2, -0.15) is 0 Å². The van der Waals surface area contributed by atoms with Crippen molar-refractivity contribution in [1.29, 1.82) is 0 Å². The number of thiol groups is 1. The van der Waals surface area contributed by atoms with Crippen molar-refractivity contribution in [3.05, 3.63) is 135 Å². The van der Waals surface area contributed by atoms with Gasteiger partial charge >= 0.3 is 0 Å². The van der Waals surface area contributed by atoms with Crippen LogP contribution in [0.5, 0.6) is 0 Å². The summed E-state index contributed by atoms with van der Waals surface area (Å²) in [7, 11) is 0. The second-order valence-corrected chi connectivity index (χ2v) is 13.7. The van der Waals surface area contributed by atoms with Crippen molar-refractivity contribution in [3.63, 3.8) is 0 Å². The molecule has 8 rings (SSSR count). The van der Waals surface area contributed by atoms with E-state index in [0.717, 1.165) is 77.9 Å². The lowest BCUT2D eigenvalue weighted by molar-refractivity contribution is 1.46. The SMILES string of the molecule is O=c1c2ccccc2sc2ccc(-c3csc(-c4cccc(S)c4-c4ccc5sc6ccccc6c(=O)c5c4)c3)cc12. The molecule has 0 amide bonds. The van der Waals surface area contributed by atoms with Crippen molar-refractivity contribution in [3.8, 4) is 32.7 Å². The largest absolute Gasteiger partial charge is 0.289 e. The summed E-state index contributed by atoms with van der Waals surface area (Å²) < 4.78 is 3.97. The van der Waals surface area contributed by atoms with Gasteiger partial charge in [0.15, 0.2) is 10.9 Å². The molecule has 0 saturated heterocycles. The van der Waals surface area contributed by atoms with E-state index < -0.39 is 0 Å². The second-order valence-electron chi connectivity index (χ2n) is 10.2. The first-order valence-electron chi connectivity index (χ1n) is 13.4. The Balaban J connectivity index is 1.25. The van der Waals surface area contributed by atoms with Gasteiger partial charge in [-0.25, -0.2) is 0 Å². The van der Waals surface area contributed by atoms with Crippen molar-refractivity contribution in [2.45, 2.75) is 4.90 Å². The highest BCUT2D eigenvalue weighted by Gasteiger charge is 2.16. The number of benzene rings is 5. The van der Waals surface area contributed by atoms with Crippen molar-refractivity contribution in [1.82, 2.24) is 0 Å². The van der Waals surface area contributed by atoms with Crippen molar-refractivity contribution < 1.29 is 0 Å². The molecule has 2 nitrogen and oxygen atoms in total. The molecular formula is C36H20O2S4. The van der Waals surface area contributed by atoms with Crippen LogP contribution < -0.4 is 10.9 Å². The summed E-state index contributed by atoms with van der Waals surface area (Å²) in [5.74, 6) is 0. The van der Waals surface area contributed by atoms with Crippen LogP contribution in [-0.2, 0) is 0 Å². The Bertz CT molecular complexity index is 2480. The van der Waals surface area contributed by atoms with Gasteiger partial charge in [0.25, 0.3) is 0 Å². The Kier molecular flexibility index (Phi) is 6.12. The third kappa shape index (κ3) is 4.14. The van der Waals surface area contributed by atoms with E-state index in [1.54, 1.807) is 34.0 Å². The minimum atomic E-state index is 0.0561. The summed E-state index contributed by atoms with van der Waals surface area (Å²) in [4.78, 5) is 28.7. The molecule has 0 aliphatic rings. The molecule has 3 aromatic heterocycles. The van der Waals surface area contributed by atoms with Crippen LogP contribution in [0.15, 0.2) is 129 Å². The molecule has 42 heavy (non-hydrogen) atoms. The van der Waals surface area contributed by atoms with E-state index >= 15 is 0 Å². The van der Waals surface area contributed by atoms with Crippen LogP contribution in [-0.4, -0.2) is 0 Å². The van der Waals surface area contributed by atoms with Crippen molar-refractivity contribution >= 4 is 87.0 Å². The van der Waals surface area contributed by atoms with E-state index in [0.29, 0.717) is 0 Å². The summed E-state index contributed by atoms with van der Waals surface area (Å²) >= 11 is 9.81. The molecule has 0 radical (unpaired) electrons. The van der Waals surface area contributed by atoms with Gasteiger partial charge in [-0.3, -0.25) is 9.59 Å². The highest BCUT2D eigenvalue weighted by Crippen LogP contribution is 2.42. The van der Waals surface area contributed by atoms with E-state index in [1.807, 2.05) is 78.9 Å². The van der Waals surface area contributed by atoms with Gasteiger partial charge in [-0.1, -0.05) is 48.5 Å². The Hall–Kier alpha value is -4.07. The molecule has 5 aromatic carbocycles. The first-order chi connectivity index (χ1) is 20.5. The standard InChI is InChI=1S/C36H20O2S4/c37-35-24-6-1-3-10-29(24)41-31-14-12-20(16-26(31)35)22-18-33(40-19-22)23-8-5-9-28(39)34(23)21-13-15-32-27(17-21)36(38)25-7-2-4-11-30(25)42-32/h1-19,39H. The van der Waals surface area contributed by atoms with Crippen LogP contribution in [0.25, 0.3) is 73.0 Å². The fourth-order valence-electron chi connectivity index (χ4n) is 5.62. The Morgan fingerprint density at radius 3 is 1.74 bits per heavy atom. The van der Waals surface area contributed by atoms with Gasteiger partial charge in [0.2, 0.25) is 0 Å². The van der Waals surface area contributed by atoms with E-state index in [1.165, 1.54) is 0 Å². The van der Waals surface area contributed by atoms with Gasteiger partial charge in [-0.15, -0.1) is 46.6 Å². The Morgan fingerprint density at radius 1 is 0.500 bits per heavy atom. The number of rotatable bonds is 3. The molecule has 0 saturated carbocycles. The summed E-state index contributed by atoms with van der Waals surface area (Å²) in [6.45, 7) is 0. The van der Waals surface area contributed by atoms with Gasteiger partial charge in [0.05, 0.1) is 0 Å². The highest BCUT2D eigenvalue weighted by molar-refractivity contribution is 7.80. The molecule has 0 fully saturated rings. The number of fused-ring (bicyclic) bond motifs is 4. The van der Waals surface area contributed by atoms with E-state index in [2.05, 4.69) is 35.7 Å². The average Bonchev–Trinajstić information content (AvgIpc) is 3.52. The third-order valence-electron chi connectivity index (χ3n) is 7.68. The minimum absolute atomic E-state index is 0.0561. The number of hydrogen-bond donors (Lipinski definition) is 1. The zero-order valence-corrected chi connectivity index (χ0v) is 25.3. The predicted molar refractivity (Wildman–Crippen MR) is 186 cm³/mol. The summed E-state index contributed by atoms with van der Waals surface area (Å²) in [5, 5.41) is 5.13. The summed E-state index contributed by atoms with van der Waals surface area (Å²) in [6.07, 6.45) is 0. The first kappa shape index (κ1) is 25.6. The van der Waals surface area contributed by atoms with Crippen LogP contribution in [0.3, 0.4) is 0 Å². The Morgan fingerprint density at radius 2 is 1.07 bits per heavy atom. The number of thiophene rings is 1. The quantitative estimate of drug-likeness (QED) is 0.159. The fraction of sp³-hybridized carbons (Fsp3) is 0. The van der Waals surface area contributed by atoms with Gasteiger partial charge in [0.1, 0.15) is 0 Å². The molecule has 0 aliphatic heterocycles.